The SMILES string of the molecule is C=C/C(O)=C\C=C(/C)C[C@H](N)c1nnc([C@@H]2CCCN2C(=O)N[C@@H](Cc2ccc(O)cc2)C(=O)N2CCC[C@H]2C(=O)O)o1. The third kappa shape index (κ3) is 7.80. The van der Waals surface area contributed by atoms with E-state index in [2.05, 4.69) is 22.1 Å². The van der Waals surface area contributed by atoms with E-state index >= 15 is 0 Å². The van der Waals surface area contributed by atoms with Crippen molar-refractivity contribution in [2.45, 2.75) is 69.6 Å². The average molecular weight is 595 g/mol. The van der Waals surface area contributed by atoms with E-state index in [4.69, 9.17) is 10.2 Å². The molecule has 0 saturated carbocycles. The number of carbonyl (C=O) groups excluding carboxylic acids is 2. The summed E-state index contributed by atoms with van der Waals surface area (Å²) >= 11 is 0. The van der Waals surface area contributed by atoms with Gasteiger partial charge in [0.2, 0.25) is 17.7 Å². The molecule has 6 N–H and O–H groups in total. The van der Waals surface area contributed by atoms with Crippen molar-refractivity contribution in [2.24, 2.45) is 5.73 Å². The zero-order chi connectivity index (χ0) is 31.1. The number of carboxylic acid groups (broad SMARTS) is 1. The summed E-state index contributed by atoms with van der Waals surface area (Å²) in [4.78, 5) is 41.8. The van der Waals surface area contributed by atoms with E-state index in [0.29, 0.717) is 44.2 Å². The zero-order valence-corrected chi connectivity index (χ0v) is 24.1. The number of nitrogens with two attached hydrogens (primary N) is 1. The van der Waals surface area contributed by atoms with Gasteiger partial charge in [-0.1, -0.05) is 30.4 Å². The zero-order valence-electron chi connectivity index (χ0n) is 24.1. The summed E-state index contributed by atoms with van der Waals surface area (Å²) in [5.41, 5.74) is 7.84. The number of urea groups is 1. The summed E-state index contributed by atoms with van der Waals surface area (Å²) in [5.74, 6) is -1.02. The third-order valence-corrected chi connectivity index (χ3v) is 7.65. The van der Waals surface area contributed by atoms with Crippen LogP contribution in [0.1, 0.15) is 68.5 Å². The number of hydrogen-bond acceptors (Lipinski definition) is 9. The van der Waals surface area contributed by atoms with Crippen molar-refractivity contribution in [2.75, 3.05) is 13.1 Å². The van der Waals surface area contributed by atoms with Gasteiger partial charge in [-0.05, 0) is 68.9 Å². The van der Waals surface area contributed by atoms with Gasteiger partial charge in [-0.2, -0.15) is 0 Å². The van der Waals surface area contributed by atoms with Crippen LogP contribution in [0, 0.1) is 0 Å². The van der Waals surface area contributed by atoms with Crippen molar-refractivity contribution in [3.8, 4) is 5.75 Å². The monoisotopic (exact) mass is 594 g/mol. The van der Waals surface area contributed by atoms with Crippen molar-refractivity contribution >= 4 is 17.9 Å². The summed E-state index contributed by atoms with van der Waals surface area (Å²) in [7, 11) is 0. The standard InChI is InChI=1S/C30H38N6O7/c1-3-20(37)11-8-18(2)16-22(31)26-33-34-27(43-26)24-6-4-15-36(24)30(42)32-23(17-19-9-12-21(38)13-10-19)28(39)35-14-5-7-25(35)29(40)41/h3,8-13,22-25,37-38H,1,4-7,14-17,31H2,2H3,(H,32,42)(H,40,41)/b18-8+,20-11+/t22-,23-,24-,25-/m0/s1. The Kier molecular flexibility index (Phi) is 10.2. The van der Waals surface area contributed by atoms with E-state index < -0.39 is 42.1 Å². The molecular weight excluding hydrogens is 556 g/mol. The van der Waals surface area contributed by atoms with Crippen LogP contribution in [0.25, 0.3) is 0 Å². The molecule has 1 aromatic carbocycles. The number of phenols is 1. The normalized spacial score (nSPS) is 20.6. The number of aliphatic hydroxyl groups is 1. The van der Waals surface area contributed by atoms with E-state index in [1.165, 1.54) is 34.1 Å². The highest BCUT2D eigenvalue weighted by molar-refractivity contribution is 5.91. The second-order valence-corrected chi connectivity index (χ2v) is 10.8. The molecule has 4 atom stereocenters. The number of nitrogens with zero attached hydrogens (tertiary/aromatic N) is 4. The molecule has 13 nitrogen and oxygen atoms in total. The maximum atomic E-state index is 13.6. The lowest BCUT2D eigenvalue weighted by atomic mass is 10.0. The van der Waals surface area contributed by atoms with Gasteiger partial charge in [-0.15, -0.1) is 10.2 Å². The van der Waals surface area contributed by atoms with Crippen LogP contribution in [0.5, 0.6) is 5.75 Å². The number of aliphatic carboxylic acids is 1. The first-order valence-corrected chi connectivity index (χ1v) is 14.2. The van der Waals surface area contributed by atoms with Crippen molar-refractivity contribution < 1.29 is 34.1 Å². The van der Waals surface area contributed by atoms with Gasteiger partial charge >= 0.3 is 12.0 Å². The first-order valence-electron chi connectivity index (χ1n) is 14.2. The third-order valence-electron chi connectivity index (χ3n) is 7.65. The molecule has 2 saturated heterocycles. The fourth-order valence-corrected chi connectivity index (χ4v) is 5.38. The lowest BCUT2D eigenvalue weighted by Crippen LogP contribution is -2.55. The van der Waals surface area contributed by atoms with Crippen LogP contribution >= 0.6 is 0 Å². The van der Waals surface area contributed by atoms with Gasteiger partial charge in [-0.25, -0.2) is 9.59 Å². The Hall–Kier alpha value is -4.65. The van der Waals surface area contributed by atoms with Crippen LogP contribution in [0.4, 0.5) is 4.79 Å². The predicted octanol–water partition coefficient (Wildman–Crippen LogP) is 3.27. The lowest BCUT2D eigenvalue weighted by Gasteiger charge is -2.30. The van der Waals surface area contributed by atoms with E-state index in [1.807, 2.05) is 6.92 Å². The maximum Gasteiger partial charge on any atom is 0.326 e. The molecule has 2 aromatic rings. The molecule has 4 rings (SSSR count). The minimum atomic E-state index is -1.08. The molecule has 43 heavy (non-hydrogen) atoms. The molecule has 230 valence electrons. The molecule has 2 fully saturated rings. The van der Waals surface area contributed by atoms with E-state index in [0.717, 1.165) is 5.57 Å². The van der Waals surface area contributed by atoms with Crippen molar-refractivity contribution in [1.82, 2.24) is 25.3 Å². The van der Waals surface area contributed by atoms with Crippen molar-refractivity contribution in [3.63, 3.8) is 0 Å². The Labute approximate surface area is 249 Å². The predicted molar refractivity (Wildman–Crippen MR) is 156 cm³/mol. The number of rotatable bonds is 11. The number of nitrogens with one attached hydrogen (secondary N) is 1. The lowest BCUT2D eigenvalue weighted by molar-refractivity contribution is -0.148. The van der Waals surface area contributed by atoms with Crippen molar-refractivity contribution in [1.29, 1.82) is 0 Å². The van der Waals surface area contributed by atoms with Gasteiger partial charge in [0.1, 0.15) is 29.6 Å². The first-order chi connectivity index (χ1) is 20.6. The number of likely N-dealkylation sites (tertiary alicyclic amines) is 2. The van der Waals surface area contributed by atoms with E-state index in [-0.39, 0.29) is 36.3 Å². The highest BCUT2D eigenvalue weighted by atomic mass is 16.4. The smallest absolute Gasteiger partial charge is 0.326 e. The molecule has 0 spiro atoms. The Bertz CT molecular complexity index is 1390. The molecule has 13 heteroatoms. The highest BCUT2D eigenvalue weighted by Crippen LogP contribution is 2.32. The molecule has 0 bridgehead atoms. The first kappa shape index (κ1) is 31.3. The quantitative estimate of drug-likeness (QED) is 0.190. The number of carboxylic acids is 1. The second kappa shape index (κ2) is 14.0. The van der Waals surface area contributed by atoms with Crippen LogP contribution in [0.2, 0.25) is 0 Å². The number of carbonyl (C=O) groups is 3. The van der Waals surface area contributed by atoms with E-state index in [9.17, 15) is 29.7 Å². The summed E-state index contributed by atoms with van der Waals surface area (Å²) in [6.45, 7) is 6.02. The Morgan fingerprint density at radius 3 is 2.51 bits per heavy atom. The molecule has 1 aromatic heterocycles. The second-order valence-electron chi connectivity index (χ2n) is 10.8. The molecular formula is C30H38N6O7. The van der Waals surface area contributed by atoms with Gasteiger partial charge < -0.3 is 40.6 Å². The van der Waals surface area contributed by atoms with Crippen LogP contribution in [0.15, 0.2) is 64.8 Å². The van der Waals surface area contributed by atoms with Gasteiger partial charge in [0.05, 0.1) is 6.04 Å². The number of aliphatic hydroxyl groups excluding tert-OH is 1. The summed E-state index contributed by atoms with van der Waals surface area (Å²) in [6, 6.07) is 2.65. The molecule has 3 amide bonds. The fraction of sp³-hybridized carbons (Fsp3) is 0.433. The maximum absolute atomic E-state index is 13.6. The number of aromatic nitrogens is 2. The summed E-state index contributed by atoms with van der Waals surface area (Å²) in [6.07, 6.45) is 7.20. The van der Waals surface area contributed by atoms with Crippen LogP contribution in [-0.2, 0) is 16.0 Å². The van der Waals surface area contributed by atoms with E-state index in [1.54, 1.807) is 18.2 Å². The van der Waals surface area contributed by atoms with Crippen molar-refractivity contribution in [3.05, 3.63) is 77.7 Å². The molecule has 3 heterocycles. The largest absolute Gasteiger partial charge is 0.508 e. The minimum absolute atomic E-state index is 0.0294. The van der Waals surface area contributed by atoms with Crippen LogP contribution in [0.3, 0.4) is 0 Å². The van der Waals surface area contributed by atoms with Gasteiger partial charge in [-0.3, -0.25) is 4.79 Å². The summed E-state index contributed by atoms with van der Waals surface area (Å²) in [5, 5.41) is 39.9. The number of phenolic OH excluding ortho intramolecular Hbond substituents is 1. The average Bonchev–Trinajstić information content (AvgIpc) is 3.76. The van der Waals surface area contributed by atoms with Gasteiger partial charge in [0, 0.05) is 19.5 Å². The van der Waals surface area contributed by atoms with Gasteiger partial charge in [0.25, 0.3) is 0 Å². The Balaban J connectivity index is 1.48. The molecule has 0 radical (unpaired) electrons. The topological polar surface area (TPSA) is 195 Å². The number of allylic oxidation sites excluding steroid dienone is 3. The Morgan fingerprint density at radius 1 is 1.12 bits per heavy atom. The molecule has 0 aliphatic carbocycles. The summed E-state index contributed by atoms with van der Waals surface area (Å²) < 4.78 is 5.90. The number of aromatic hydroxyl groups is 1. The number of amides is 3. The van der Waals surface area contributed by atoms with Crippen LogP contribution < -0.4 is 11.1 Å². The minimum Gasteiger partial charge on any atom is -0.508 e. The number of benzene rings is 1. The Morgan fingerprint density at radius 2 is 1.81 bits per heavy atom. The highest BCUT2D eigenvalue weighted by Gasteiger charge is 2.40. The fourth-order valence-electron chi connectivity index (χ4n) is 5.38. The molecule has 2 aliphatic heterocycles. The number of hydrogen-bond donors (Lipinski definition) is 5. The van der Waals surface area contributed by atoms with Gasteiger partial charge in [0.15, 0.2) is 0 Å². The van der Waals surface area contributed by atoms with Crippen LogP contribution in [-0.4, -0.2) is 78.4 Å². The molecule has 0 unspecified atom stereocenters. The molecule has 2 aliphatic rings.